The van der Waals surface area contributed by atoms with Crippen molar-refractivity contribution in [3.63, 3.8) is 0 Å². The van der Waals surface area contributed by atoms with Gasteiger partial charge in [-0.15, -0.1) is 6.58 Å². The maximum absolute atomic E-state index is 10.4. The molecule has 0 amide bonds. The van der Waals surface area contributed by atoms with Crippen LogP contribution in [0.3, 0.4) is 0 Å². The van der Waals surface area contributed by atoms with Gasteiger partial charge in [0.2, 0.25) is 0 Å². The van der Waals surface area contributed by atoms with E-state index in [1.54, 1.807) is 6.08 Å². The number of carbonyl (C=O) groups is 1. The molecule has 0 radical (unpaired) electrons. The van der Waals surface area contributed by atoms with Crippen molar-refractivity contribution in [1.82, 2.24) is 0 Å². The van der Waals surface area contributed by atoms with Gasteiger partial charge >= 0.3 is 5.97 Å². The van der Waals surface area contributed by atoms with Gasteiger partial charge in [-0.05, 0) is 6.42 Å². The van der Waals surface area contributed by atoms with E-state index in [-0.39, 0.29) is 13.2 Å². The van der Waals surface area contributed by atoms with Crippen molar-refractivity contribution in [2.24, 2.45) is 5.73 Å². The number of esters is 1. The second-order valence-corrected chi connectivity index (χ2v) is 2.07. The molecule has 1 atom stereocenters. The van der Waals surface area contributed by atoms with Gasteiger partial charge in [0, 0.05) is 0 Å². The molecule has 0 heterocycles. The summed E-state index contributed by atoms with van der Waals surface area (Å²) in [6, 6.07) is 0. The average Bonchev–Trinajstić information content (AvgIpc) is 2.01. The molecule has 0 aliphatic heterocycles. The van der Waals surface area contributed by atoms with Crippen LogP contribution in [0.15, 0.2) is 12.7 Å². The summed E-state index contributed by atoms with van der Waals surface area (Å²) in [5, 5.41) is 9.00. The van der Waals surface area contributed by atoms with Crippen molar-refractivity contribution in [3.8, 4) is 0 Å². The van der Waals surface area contributed by atoms with Crippen molar-refractivity contribution < 1.29 is 14.6 Å². The summed E-state index contributed by atoms with van der Waals surface area (Å²) < 4.78 is 4.54. The molecule has 0 aliphatic rings. The van der Waals surface area contributed by atoms with Gasteiger partial charge in [-0.2, -0.15) is 0 Å². The molecule has 4 heteroatoms. The minimum atomic E-state index is -0.664. The lowest BCUT2D eigenvalue weighted by Gasteiger charge is -2.07. The van der Waals surface area contributed by atoms with Crippen LogP contribution in [0.5, 0.6) is 0 Å². The van der Waals surface area contributed by atoms with E-state index in [0.717, 1.165) is 0 Å². The molecule has 0 rings (SSSR count). The SMILES string of the molecule is C=CCC(O)COC(=O)CN. The second kappa shape index (κ2) is 5.88. The smallest absolute Gasteiger partial charge is 0.319 e. The molecule has 0 aromatic carbocycles. The van der Waals surface area contributed by atoms with Gasteiger partial charge in [0.1, 0.15) is 6.61 Å². The highest BCUT2D eigenvalue weighted by atomic mass is 16.5. The first-order chi connectivity index (χ1) is 5.20. The van der Waals surface area contributed by atoms with Crippen molar-refractivity contribution in [2.45, 2.75) is 12.5 Å². The van der Waals surface area contributed by atoms with Crippen LogP contribution in [-0.4, -0.2) is 30.3 Å². The number of hydrogen-bond donors (Lipinski definition) is 2. The monoisotopic (exact) mass is 159 g/mol. The Morgan fingerprint density at radius 1 is 1.82 bits per heavy atom. The maximum Gasteiger partial charge on any atom is 0.319 e. The Labute approximate surface area is 65.6 Å². The highest BCUT2D eigenvalue weighted by molar-refractivity contribution is 5.71. The van der Waals surface area contributed by atoms with E-state index in [1.165, 1.54) is 0 Å². The van der Waals surface area contributed by atoms with E-state index < -0.39 is 12.1 Å². The van der Waals surface area contributed by atoms with Crippen LogP contribution in [-0.2, 0) is 9.53 Å². The Bertz CT molecular complexity index is 136. The van der Waals surface area contributed by atoms with Crippen molar-refractivity contribution >= 4 is 5.97 Å². The van der Waals surface area contributed by atoms with Gasteiger partial charge in [-0.3, -0.25) is 4.79 Å². The standard InChI is InChI=1S/C7H13NO3/c1-2-3-6(9)5-11-7(10)4-8/h2,6,9H,1,3-5,8H2. The lowest BCUT2D eigenvalue weighted by atomic mass is 10.3. The summed E-state index contributed by atoms with van der Waals surface area (Å²) in [6.07, 6.45) is 1.31. The first-order valence-corrected chi connectivity index (χ1v) is 3.35. The average molecular weight is 159 g/mol. The van der Waals surface area contributed by atoms with Gasteiger partial charge in [0.25, 0.3) is 0 Å². The third-order valence-electron chi connectivity index (χ3n) is 1.04. The van der Waals surface area contributed by atoms with Gasteiger partial charge < -0.3 is 15.6 Å². The molecule has 1 unspecified atom stereocenters. The molecule has 0 saturated carbocycles. The van der Waals surface area contributed by atoms with E-state index in [0.29, 0.717) is 6.42 Å². The van der Waals surface area contributed by atoms with Crippen LogP contribution < -0.4 is 5.73 Å². The highest BCUT2D eigenvalue weighted by Crippen LogP contribution is 1.92. The van der Waals surface area contributed by atoms with Crippen LogP contribution in [0, 0.1) is 0 Å². The number of rotatable bonds is 5. The molecular weight excluding hydrogens is 146 g/mol. The summed E-state index contributed by atoms with van der Waals surface area (Å²) in [6.45, 7) is 3.26. The predicted molar refractivity (Wildman–Crippen MR) is 40.8 cm³/mol. The van der Waals surface area contributed by atoms with E-state index >= 15 is 0 Å². The van der Waals surface area contributed by atoms with Gasteiger partial charge in [0.15, 0.2) is 0 Å². The number of ether oxygens (including phenoxy) is 1. The third-order valence-corrected chi connectivity index (χ3v) is 1.04. The Kier molecular flexibility index (Phi) is 5.42. The quantitative estimate of drug-likeness (QED) is 0.416. The molecular formula is C7H13NO3. The van der Waals surface area contributed by atoms with Crippen LogP contribution in [0.1, 0.15) is 6.42 Å². The number of aliphatic hydroxyl groups is 1. The number of carbonyl (C=O) groups excluding carboxylic acids is 1. The molecule has 4 nitrogen and oxygen atoms in total. The summed E-state index contributed by atoms with van der Waals surface area (Å²) in [5.74, 6) is -0.506. The minimum absolute atomic E-state index is 0.0119. The molecule has 0 aromatic rings. The van der Waals surface area contributed by atoms with Gasteiger partial charge in [0.05, 0.1) is 12.6 Å². The fourth-order valence-electron chi connectivity index (χ4n) is 0.508. The highest BCUT2D eigenvalue weighted by Gasteiger charge is 2.04. The zero-order valence-electron chi connectivity index (χ0n) is 6.32. The second-order valence-electron chi connectivity index (χ2n) is 2.07. The molecule has 0 spiro atoms. The lowest BCUT2D eigenvalue weighted by molar-refractivity contribution is -0.144. The molecule has 0 fully saturated rings. The van der Waals surface area contributed by atoms with E-state index in [2.05, 4.69) is 11.3 Å². The Balaban J connectivity index is 3.36. The normalized spacial score (nSPS) is 12.2. The van der Waals surface area contributed by atoms with Gasteiger partial charge in [-0.25, -0.2) is 0 Å². The maximum atomic E-state index is 10.4. The fraction of sp³-hybridized carbons (Fsp3) is 0.571. The zero-order valence-corrected chi connectivity index (χ0v) is 6.32. The first kappa shape index (κ1) is 10.1. The Morgan fingerprint density at radius 3 is 2.91 bits per heavy atom. The van der Waals surface area contributed by atoms with Crippen molar-refractivity contribution in [3.05, 3.63) is 12.7 Å². The van der Waals surface area contributed by atoms with E-state index in [9.17, 15) is 4.79 Å². The van der Waals surface area contributed by atoms with Crippen LogP contribution in [0.2, 0.25) is 0 Å². The topological polar surface area (TPSA) is 72.5 Å². The molecule has 0 bridgehead atoms. The van der Waals surface area contributed by atoms with Crippen LogP contribution >= 0.6 is 0 Å². The predicted octanol–water partition coefficient (Wildman–Crippen LogP) is -0.575. The summed E-state index contributed by atoms with van der Waals surface area (Å²) in [5.41, 5.74) is 4.96. The van der Waals surface area contributed by atoms with Crippen LogP contribution in [0.25, 0.3) is 0 Å². The fourth-order valence-corrected chi connectivity index (χ4v) is 0.508. The number of aliphatic hydroxyl groups excluding tert-OH is 1. The molecule has 64 valence electrons. The van der Waals surface area contributed by atoms with Crippen molar-refractivity contribution in [2.75, 3.05) is 13.2 Å². The Hall–Kier alpha value is -0.870. The summed E-state index contributed by atoms with van der Waals surface area (Å²) in [7, 11) is 0. The minimum Gasteiger partial charge on any atom is -0.462 e. The van der Waals surface area contributed by atoms with Crippen LogP contribution in [0.4, 0.5) is 0 Å². The molecule has 0 saturated heterocycles. The lowest BCUT2D eigenvalue weighted by Crippen LogP contribution is -2.22. The number of nitrogens with two attached hydrogens (primary N) is 1. The first-order valence-electron chi connectivity index (χ1n) is 3.35. The summed E-state index contributed by atoms with van der Waals surface area (Å²) >= 11 is 0. The van der Waals surface area contributed by atoms with E-state index in [4.69, 9.17) is 10.8 Å². The molecule has 11 heavy (non-hydrogen) atoms. The number of hydrogen-bond acceptors (Lipinski definition) is 4. The van der Waals surface area contributed by atoms with Crippen molar-refractivity contribution in [1.29, 1.82) is 0 Å². The Morgan fingerprint density at radius 2 is 2.45 bits per heavy atom. The molecule has 0 aliphatic carbocycles. The summed E-state index contributed by atoms with van der Waals surface area (Å²) in [4.78, 5) is 10.4. The van der Waals surface area contributed by atoms with Gasteiger partial charge in [-0.1, -0.05) is 6.08 Å². The zero-order chi connectivity index (χ0) is 8.69. The van der Waals surface area contributed by atoms with E-state index in [1.807, 2.05) is 0 Å². The molecule has 3 N–H and O–H groups in total. The third kappa shape index (κ3) is 5.57. The largest absolute Gasteiger partial charge is 0.462 e. The molecule has 0 aromatic heterocycles.